The molecule has 1 atom stereocenters. The zero-order valence-corrected chi connectivity index (χ0v) is 18.9. The molecular formula is C26H28N2O5. The number of rotatable bonds is 6. The maximum absolute atomic E-state index is 12.7. The third-order valence-electron chi connectivity index (χ3n) is 6.02. The standard InChI is InChI=1S/C26H28N2O5/c1-3-32-26(31)18-8-6-12-28(16-18)24(29)15-27-19-10-11-21-22(14-25(30)33-23(21)13-19)20-9-5-4-7-17(20)2/h4-5,7,9-11,13-14,18,27H,3,6,8,12,15-16H2,1-2H3/t18-/m0/s1. The van der Waals surface area contributed by atoms with Crippen LogP contribution in [-0.4, -0.2) is 43.0 Å². The van der Waals surface area contributed by atoms with E-state index in [0.29, 0.717) is 31.0 Å². The van der Waals surface area contributed by atoms with Gasteiger partial charge in [-0.2, -0.15) is 0 Å². The van der Waals surface area contributed by atoms with Gasteiger partial charge in [0, 0.05) is 41.9 Å². The van der Waals surface area contributed by atoms with Gasteiger partial charge < -0.3 is 19.4 Å². The minimum absolute atomic E-state index is 0.0841. The average Bonchev–Trinajstić information content (AvgIpc) is 2.82. The number of anilines is 1. The highest BCUT2D eigenvalue weighted by Crippen LogP contribution is 2.31. The van der Waals surface area contributed by atoms with Crippen LogP contribution < -0.4 is 10.9 Å². The molecule has 0 bridgehead atoms. The molecule has 172 valence electrons. The van der Waals surface area contributed by atoms with Gasteiger partial charge in [-0.15, -0.1) is 0 Å². The number of nitrogens with zero attached hydrogens (tertiary/aromatic N) is 1. The number of esters is 1. The van der Waals surface area contributed by atoms with Crippen molar-refractivity contribution in [3.8, 4) is 11.1 Å². The molecule has 1 aliphatic rings. The summed E-state index contributed by atoms with van der Waals surface area (Å²) in [7, 11) is 0. The Morgan fingerprint density at radius 3 is 2.76 bits per heavy atom. The Hall–Kier alpha value is -3.61. The van der Waals surface area contributed by atoms with Crippen molar-refractivity contribution in [3.63, 3.8) is 0 Å². The molecule has 3 aromatic rings. The van der Waals surface area contributed by atoms with Crippen LogP contribution >= 0.6 is 0 Å². The fourth-order valence-corrected chi connectivity index (χ4v) is 4.32. The van der Waals surface area contributed by atoms with Gasteiger partial charge in [-0.3, -0.25) is 9.59 Å². The number of benzene rings is 2. The van der Waals surface area contributed by atoms with Crippen LogP contribution in [0.25, 0.3) is 22.1 Å². The number of ether oxygens (including phenoxy) is 1. The van der Waals surface area contributed by atoms with Gasteiger partial charge in [0.05, 0.1) is 19.1 Å². The molecule has 7 nitrogen and oxygen atoms in total. The van der Waals surface area contributed by atoms with E-state index >= 15 is 0 Å². The van der Waals surface area contributed by atoms with Gasteiger partial charge in [-0.25, -0.2) is 4.79 Å². The number of fused-ring (bicyclic) bond motifs is 1. The van der Waals surface area contributed by atoms with Crippen LogP contribution in [-0.2, 0) is 14.3 Å². The smallest absolute Gasteiger partial charge is 0.336 e. The fraction of sp³-hybridized carbons (Fsp3) is 0.346. The maximum atomic E-state index is 12.7. The second kappa shape index (κ2) is 9.90. The number of likely N-dealkylation sites (tertiary alicyclic amines) is 1. The number of hydrogen-bond donors (Lipinski definition) is 1. The fourth-order valence-electron chi connectivity index (χ4n) is 4.32. The Bertz CT molecular complexity index is 1230. The first kappa shape index (κ1) is 22.6. The Morgan fingerprint density at radius 1 is 1.15 bits per heavy atom. The molecule has 1 N–H and O–H groups in total. The van der Waals surface area contributed by atoms with Crippen molar-refractivity contribution in [1.29, 1.82) is 0 Å². The number of nitrogens with one attached hydrogen (secondary N) is 1. The van der Waals surface area contributed by atoms with E-state index in [1.165, 1.54) is 6.07 Å². The molecule has 0 saturated carbocycles. The largest absolute Gasteiger partial charge is 0.466 e. The molecule has 33 heavy (non-hydrogen) atoms. The number of amides is 1. The Labute approximate surface area is 192 Å². The maximum Gasteiger partial charge on any atom is 0.336 e. The molecule has 0 unspecified atom stereocenters. The molecule has 1 amide bonds. The van der Waals surface area contributed by atoms with Crippen molar-refractivity contribution in [2.75, 3.05) is 31.6 Å². The van der Waals surface area contributed by atoms with E-state index in [1.54, 1.807) is 17.9 Å². The van der Waals surface area contributed by atoms with E-state index in [2.05, 4.69) is 5.32 Å². The third-order valence-corrected chi connectivity index (χ3v) is 6.02. The predicted octanol–water partition coefficient (Wildman–Crippen LogP) is 3.98. The number of piperidine rings is 1. The lowest BCUT2D eigenvalue weighted by Crippen LogP contribution is -2.44. The van der Waals surface area contributed by atoms with Crippen LogP contribution in [0.2, 0.25) is 0 Å². The van der Waals surface area contributed by atoms with Crippen molar-refractivity contribution >= 4 is 28.5 Å². The first-order chi connectivity index (χ1) is 16.0. The topological polar surface area (TPSA) is 88.9 Å². The molecule has 7 heteroatoms. The van der Waals surface area contributed by atoms with E-state index in [9.17, 15) is 14.4 Å². The lowest BCUT2D eigenvalue weighted by Gasteiger charge is -2.31. The van der Waals surface area contributed by atoms with E-state index in [-0.39, 0.29) is 24.3 Å². The van der Waals surface area contributed by atoms with Crippen molar-refractivity contribution < 1.29 is 18.7 Å². The van der Waals surface area contributed by atoms with Crippen LogP contribution in [0.4, 0.5) is 5.69 Å². The van der Waals surface area contributed by atoms with E-state index in [4.69, 9.17) is 9.15 Å². The highest BCUT2D eigenvalue weighted by molar-refractivity contribution is 5.95. The molecule has 0 spiro atoms. The van der Waals surface area contributed by atoms with Crippen LogP contribution in [0.15, 0.2) is 57.7 Å². The Morgan fingerprint density at radius 2 is 1.97 bits per heavy atom. The van der Waals surface area contributed by atoms with Gasteiger partial charge in [-0.1, -0.05) is 24.3 Å². The average molecular weight is 449 g/mol. The second-order valence-electron chi connectivity index (χ2n) is 8.29. The number of hydrogen-bond acceptors (Lipinski definition) is 6. The number of aryl methyl sites for hydroxylation is 1. The SMILES string of the molecule is CCOC(=O)[C@H]1CCCN(C(=O)CNc2ccc3c(-c4ccccc4C)cc(=O)oc3c2)C1. The number of carbonyl (C=O) groups is 2. The molecule has 1 saturated heterocycles. The van der Waals surface area contributed by atoms with Crippen molar-refractivity contribution in [2.24, 2.45) is 5.92 Å². The summed E-state index contributed by atoms with van der Waals surface area (Å²) in [5, 5.41) is 3.95. The van der Waals surface area contributed by atoms with Crippen LogP contribution in [0.1, 0.15) is 25.3 Å². The summed E-state index contributed by atoms with van der Waals surface area (Å²) in [4.78, 5) is 38.7. The van der Waals surface area contributed by atoms with Gasteiger partial charge in [0.1, 0.15) is 5.58 Å². The summed E-state index contributed by atoms with van der Waals surface area (Å²) in [5.74, 6) is -0.589. The summed E-state index contributed by atoms with van der Waals surface area (Å²) >= 11 is 0. The molecule has 2 heterocycles. The highest BCUT2D eigenvalue weighted by atomic mass is 16.5. The highest BCUT2D eigenvalue weighted by Gasteiger charge is 2.29. The van der Waals surface area contributed by atoms with Crippen molar-refractivity contribution in [3.05, 3.63) is 64.5 Å². The minimum atomic E-state index is -0.424. The molecule has 0 radical (unpaired) electrons. The number of carbonyl (C=O) groups excluding carboxylic acids is 2. The Balaban J connectivity index is 1.49. The summed E-state index contributed by atoms with van der Waals surface area (Å²) < 4.78 is 10.6. The summed E-state index contributed by atoms with van der Waals surface area (Å²) in [5.41, 5.74) is 3.58. The Kier molecular flexibility index (Phi) is 6.77. The lowest BCUT2D eigenvalue weighted by atomic mass is 9.98. The van der Waals surface area contributed by atoms with E-state index < -0.39 is 5.63 Å². The normalized spacial score (nSPS) is 15.9. The predicted molar refractivity (Wildman–Crippen MR) is 127 cm³/mol. The van der Waals surface area contributed by atoms with Crippen LogP contribution in [0.5, 0.6) is 0 Å². The van der Waals surface area contributed by atoms with Gasteiger partial charge >= 0.3 is 11.6 Å². The van der Waals surface area contributed by atoms with Gasteiger partial charge in [0.2, 0.25) is 5.91 Å². The minimum Gasteiger partial charge on any atom is -0.466 e. The molecule has 0 aliphatic carbocycles. The van der Waals surface area contributed by atoms with Crippen molar-refractivity contribution in [1.82, 2.24) is 4.90 Å². The molecule has 4 rings (SSSR count). The monoisotopic (exact) mass is 448 g/mol. The molecular weight excluding hydrogens is 420 g/mol. The summed E-state index contributed by atoms with van der Waals surface area (Å²) in [6.45, 7) is 5.22. The van der Waals surface area contributed by atoms with Crippen molar-refractivity contribution in [2.45, 2.75) is 26.7 Å². The zero-order valence-electron chi connectivity index (χ0n) is 18.9. The van der Waals surface area contributed by atoms with Crippen LogP contribution in [0, 0.1) is 12.8 Å². The lowest BCUT2D eigenvalue weighted by molar-refractivity contribution is -0.151. The zero-order chi connectivity index (χ0) is 23.4. The molecule has 1 aromatic heterocycles. The quantitative estimate of drug-likeness (QED) is 0.453. The van der Waals surface area contributed by atoms with E-state index in [1.807, 2.05) is 43.3 Å². The third kappa shape index (κ3) is 5.08. The molecule has 2 aromatic carbocycles. The van der Waals surface area contributed by atoms with Crippen LogP contribution in [0.3, 0.4) is 0 Å². The second-order valence-corrected chi connectivity index (χ2v) is 8.29. The van der Waals surface area contributed by atoms with Gasteiger partial charge in [0.15, 0.2) is 0 Å². The molecule has 1 aliphatic heterocycles. The summed E-state index contributed by atoms with van der Waals surface area (Å²) in [6.07, 6.45) is 1.51. The first-order valence-corrected chi connectivity index (χ1v) is 11.3. The first-order valence-electron chi connectivity index (χ1n) is 11.3. The molecule has 1 fully saturated rings. The van der Waals surface area contributed by atoms with E-state index in [0.717, 1.165) is 34.9 Å². The summed E-state index contributed by atoms with van der Waals surface area (Å²) in [6, 6.07) is 14.9. The van der Waals surface area contributed by atoms with Gasteiger partial charge in [0.25, 0.3) is 0 Å². The van der Waals surface area contributed by atoms with Gasteiger partial charge in [-0.05, 0) is 49.9 Å².